The molecule has 7 N–H and O–H groups in total. The second kappa shape index (κ2) is 12.0. The number of amides is 2. The van der Waals surface area contributed by atoms with Crippen LogP contribution < -0.4 is 16.4 Å². The number of aromatic amines is 1. The molecule has 2 heterocycles. The van der Waals surface area contributed by atoms with Crippen LogP contribution in [0, 0.1) is 5.92 Å². The van der Waals surface area contributed by atoms with E-state index in [1.807, 2.05) is 13.8 Å². The van der Waals surface area contributed by atoms with Crippen LogP contribution in [0.5, 0.6) is 5.75 Å². The largest absolute Gasteiger partial charge is 0.508 e. The number of hydrogen-bond donors (Lipinski definition) is 6. The van der Waals surface area contributed by atoms with E-state index in [0.29, 0.717) is 12.2 Å². The highest BCUT2D eigenvalue weighted by Crippen LogP contribution is 2.23. The summed E-state index contributed by atoms with van der Waals surface area (Å²) < 4.78 is 5.43. The first-order valence-electron chi connectivity index (χ1n) is 11.4. The van der Waals surface area contributed by atoms with Crippen LogP contribution in [0.4, 0.5) is 4.79 Å². The van der Waals surface area contributed by atoms with Crippen LogP contribution in [-0.4, -0.2) is 48.4 Å². The number of benzene rings is 1. The molecule has 12 heteroatoms. The van der Waals surface area contributed by atoms with E-state index in [4.69, 9.17) is 10.3 Å². The Bertz CT molecular complexity index is 1080. The lowest BCUT2D eigenvalue weighted by Gasteiger charge is -2.19. The average Bonchev–Trinajstić information content (AvgIpc) is 3.54. The van der Waals surface area contributed by atoms with Gasteiger partial charge in [-0.1, -0.05) is 37.6 Å². The smallest absolute Gasteiger partial charge is 0.326 e. The summed E-state index contributed by atoms with van der Waals surface area (Å²) in [5, 5.41) is 28.3. The normalized spacial score (nSPS) is 14.6. The molecule has 3 rings (SSSR count). The number of nitrogens with zero attached hydrogens (tertiary/aromatic N) is 3. The molecule has 1 unspecified atom stereocenters. The summed E-state index contributed by atoms with van der Waals surface area (Å²) in [4.78, 5) is 35.7. The van der Waals surface area contributed by atoms with E-state index in [2.05, 4.69) is 30.7 Å². The third kappa shape index (κ3) is 7.27. The molecular weight excluding hydrogens is 454 g/mol. The number of nitrogens with one attached hydrogen (secondary N) is 3. The first-order chi connectivity index (χ1) is 16.8. The van der Waals surface area contributed by atoms with Crippen molar-refractivity contribution < 1.29 is 24.3 Å². The number of urea groups is 1. The molecule has 1 aromatic carbocycles. The topological polar surface area (TPSA) is 192 Å². The van der Waals surface area contributed by atoms with Gasteiger partial charge >= 0.3 is 12.0 Å². The Kier molecular flexibility index (Phi) is 8.79. The van der Waals surface area contributed by atoms with Crippen LogP contribution in [0.15, 0.2) is 41.3 Å². The molecule has 0 bridgehead atoms. The van der Waals surface area contributed by atoms with E-state index in [1.165, 1.54) is 18.5 Å². The van der Waals surface area contributed by atoms with E-state index < -0.39 is 30.1 Å². The third-order valence-electron chi connectivity index (χ3n) is 5.85. The summed E-state index contributed by atoms with van der Waals surface area (Å²) in [6.07, 6.45) is 4.77. The zero-order valence-corrected chi connectivity index (χ0v) is 19.6. The number of hydrogen-bond acceptors (Lipinski definition) is 8. The zero-order valence-electron chi connectivity index (χ0n) is 19.6. The minimum atomic E-state index is -1.16. The summed E-state index contributed by atoms with van der Waals surface area (Å²) in [7, 11) is 0. The van der Waals surface area contributed by atoms with Crippen LogP contribution in [-0.2, 0) is 17.6 Å². The Morgan fingerprint density at radius 3 is 2.60 bits per heavy atom. The summed E-state index contributed by atoms with van der Waals surface area (Å²) in [5.74, 6) is -0.452. The number of aliphatic carboxylic acids is 1. The number of imidazole rings is 1. The number of carbonyl (C=O) groups is 2. The molecule has 4 atom stereocenters. The summed E-state index contributed by atoms with van der Waals surface area (Å²) >= 11 is 0. The number of carboxylic acids is 1. The van der Waals surface area contributed by atoms with Crippen LogP contribution in [0.1, 0.15) is 61.7 Å². The van der Waals surface area contributed by atoms with E-state index in [1.54, 1.807) is 18.3 Å². The lowest BCUT2D eigenvalue weighted by Crippen LogP contribution is -2.47. The van der Waals surface area contributed by atoms with Crippen molar-refractivity contribution in [3.8, 4) is 5.75 Å². The molecule has 3 aromatic rings. The molecule has 2 aromatic heterocycles. The predicted octanol–water partition coefficient (Wildman–Crippen LogP) is 2.21. The second-order valence-corrected chi connectivity index (χ2v) is 8.45. The number of phenols is 1. The fraction of sp³-hybridized carbons (Fsp3) is 0.435. The Labute approximate surface area is 202 Å². The highest BCUT2D eigenvalue weighted by molar-refractivity contribution is 5.82. The van der Waals surface area contributed by atoms with E-state index in [-0.39, 0.29) is 30.4 Å². The van der Waals surface area contributed by atoms with Crippen LogP contribution in [0.2, 0.25) is 0 Å². The van der Waals surface area contributed by atoms with E-state index in [9.17, 15) is 19.8 Å². The van der Waals surface area contributed by atoms with E-state index >= 15 is 0 Å². The number of aromatic hydroxyl groups is 1. The monoisotopic (exact) mass is 485 g/mol. The average molecular weight is 486 g/mol. The van der Waals surface area contributed by atoms with Gasteiger partial charge in [-0.15, -0.1) is 0 Å². The molecule has 188 valence electrons. The van der Waals surface area contributed by atoms with Gasteiger partial charge in [0.25, 0.3) is 0 Å². The van der Waals surface area contributed by atoms with Crippen molar-refractivity contribution >= 4 is 12.0 Å². The Morgan fingerprint density at radius 2 is 1.97 bits per heavy atom. The summed E-state index contributed by atoms with van der Waals surface area (Å²) in [6, 6.07) is 3.46. The maximum Gasteiger partial charge on any atom is 0.326 e. The van der Waals surface area contributed by atoms with Crippen molar-refractivity contribution in [3.05, 3.63) is 59.8 Å². The number of rotatable bonds is 12. The first-order valence-corrected chi connectivity index (χ1v) is 11.4. The quantitative estimate of drug-likeness (QED) is 0.223. The third-order valence-corrected chi connectivity index (χ3v) is 5.85. The molecule has 12 nitrogen and oxygen atoms in total. The molecule has 35 heavy (non-hydrogen) atoms. The molecule has 0 aliphatic heterocycles. The highest BCUT2D eigenvalue weighted by Gasteiger charge is 2.27. The highest BCUT2D eigenvalue weighted by atomic mass is 16.5. The lowest BCUT2D eigenvalue weighted by molar-refractivity contribution is -0.139. The molecule has 0 fully saturated rings. The standard InChI is InChI=1S/C23H31N7O5/c1-3-13(2)19(24)20-29-21(35-30-20)18(10-14-4-7-16(31)8-5-14)28-23(34)27-17(22(32)33)9-6-15-11-25-12-26-15/h4-5,7-8,11-13,17-19,31H,3,6,9-10,24H2,1-2H3,(H,25,26)(H,32,33)(H2,27,28,34)/t13?,17-,18-,19-/m0/s1. The lowest BCUT2D eigenvalue weighted by atomic mass is 10.00. The van der Waals surface area contributed by atoms with Gasteiger partial charge in [-0.2, -0.15) is 4.98 Å². The van der Waals surface area contributed by atoms with Gasteiger partial charge in [0, 0.05) is 18.3 Å². The van der Waals surface area contributed by atoms with Gasteiger partial charge in [0.15, 0.2) is 5.82 Å². The zero-order chi connectivity index (χ0) is 25.4. The molecule has 0 aliphatic rings. The minimum Gasteiger partial charge on any atom is -0.508 e. The van der Waals surface area contributed by atoms with Gasteiger partial charge in [0.1, 0.15) is 17.8 Å². The number of aromatic nitrogens is 4. The number of H-pyrrole nitrogens is 1. The fourth-order valence-corrected chi connectivity index (χ4v) is 3.44. The van der Waals surface area contributed by atoms with E-state index in [0.717, 1.165) is 17.7 Å². The van der Waals surface area contributed by atoms with Gasteiger partial charge in [-0.3, -0.25) is 0 Å². The predicted molar refractivity (Wildman–Crippen MR) is 125 cm³/mol. The molecular formula is C23H31N7O5. The molecule has 2 amide bonds. The van der Waals surface area contributed by atoms with Crippen molar-refractivity contribution in [1.82, 2.24) is 30.7 Å². The second-order valence-electron chi connectivity index (χ2n) is 8.45. The molecule has 0 saturated heterocycles. The summed E-state index contributed by atoms with van der Waals surface area (Å²) in [5.41, 5.74) is 7.77. The fourth-order valence-electron chi connectivity index (χ4n) is 3.44. The SMILES string of the molecule is CCC(C)[C@H](N)c1noc([C@H](Cc2ccc(O)cc2)NC(=O)N[C@@H](CCc2cnc[nH]2)C(=O)O)n1. The van der Waals surface area contributed by atoms with Crippen LogP contribution >= 0.6 is 0 Å². The molecule has 0 spiro atoms. The van der Waals surface area contributed by atoms with Crippen molar-refractivity contribution in [2.24, 2.45) is 11.7 Å². The first kappa shape index (κ1) is 25.7. The van der Waals surface area contributed by atoms with Gasteiger partial charge < -0.3 is 36.1 Å². The van der Waals surface area contributed by atoms with Crippen LogP contribution in [0.25, 0.3) is 0 Å². The number of carboxylic acid groups (broad SMARTS) is 1. The number of carbonyl (C=O) groups excluding carboxylic acids is 1. The Balaban J connectivity index is 1.74. The molecule has 0 saturated carbocycles. The Morgan fingerprint density at radius 1 is 1.23 bits per heavy atom. The van der Waals surface area contributed by atoms with Gasteiger partial charge in [-0.25, -0.2) is 14.6 Å². The number of phenolic OH excluding ortho intramolecular Hbond substituents is 1. The van der Waals surface area contributed by atoms with Gasteiger partial charge in [-0.05, 0) is 36.5 Å². The van der Waals surface area contributed by atoms with Gasteiger partial charge in [0.2, 0.25) is 5.89 Å². The summed E-state index contributed by atoms with van der Waals surface area (Å²) in [6.45, 7) is 3.99. The maximum absolute atomic E-state index is 12.8. The maximum atomic E-state index is 12.8. The minimum absolute atomic E-state index is 0.108. The van der Waals surface area contributed by atoms with Crippen molar-refractivity contribution in [1.29, 1.82) is 0 Å². The molecule has 0 aliphatic carbocycles. The molecule has 0 radical (unpaired) electrons. The number of aryl methyl sites for hydroxylation is 1. The van der Waals surface area contributed by atoms with Crippen molar-refractivity contribution in [2.75, 3.05) is 0 Å². The van der Waals surface area contributed by atoms with Crippen LogP contribution in [0.3, 0.4) is 0 Å². The number of nitrogens with two attached hydrogens (primary N) is 1. The van der Waals surface area contributed by atoms with Crippen molar-refractivity contribution in [3.63, 3.8) is 0 Å². The Hall–Kier alpha value is -3.93. The van der Waals surface area contributed by atoms with Gasteiger partial charge in [0.05, 0.1) is 12.4 Å². The van der Waals surface area contributed by atoms with Crippen molar-refractivity contribution in [2.45, 2.75) is 57.7 Å².